The number of halogens is 1. The molecule has 1 fully saturated rings. The Balaban J connectivity index is 1.63. The molecule has 0 unspecified atom stereocenters. The number of ether oxygens (including phenoxy) is 1. The van der Waals surface area contributed by atoms with Crippen LogP contribution in [0.4, 0.5) is 4.79 Å². The van der Waals surface area contributed by atoms with Gasteiger partial charge in [0, 0.05) is 23.2 Å². The van der Waals surface area contributed by atoms with E-state index in [9.17, 15) is 9.59 Å². The first-order valence-electron chi connectivity index (χ1n) is 8.79. The minimum Gasteiger partial charge on any atom is -0.444 e. The maximum absolute atomic E-state index is 12.7. The van der Waals surface area contributed by atoms with Crippen LogP contribution in [-0.2, 0) is 11.2 Å². The molecule has 6 heteroatoms. The first-order chi connectivity index (χ1) is 11.7. The molecule has 136 valence electrons. The van der Waals surface area contributed by atoms with Crippen LogP contribution < -0.4 is 5.32 Å². The van der Waals surface area contributed by atoms with Gasteiger partial charge in [0.2, 0.25) is 0 Å². The standard InChI is InChI=1S/C19H25ClN2O3/c1-19(2,3)25-18(24)21-14-5-4-8-22(11-14)16-10-12-9-13(20)6-7-15(12)17(16)23/h6-7,9,14,16H,4-5,8,10-11H2,1-3H3,(H,21,24)/t14-,16-/m1/s1. The first kappa shape index (κ1) is 18.2. The monoisotopic (exact) mass is 364 g/mol. The van der Waals surface area contributed by atoms with E-state index in [4.69, 9.17) is 16.3 Å². The van der Waals surface area contributed by atoms with Gasteiger partial charge in [-0.1, -0.05) is 11.6 Å². The molecule has 0 aromatic heterocycles. The smallest absolute Gasteiger partial charge is 0.407 e. The number of Topliss-reactive ketones (excluding diaryl/α,β-unsaturated/α-hetero) is 1. The lowest BCUT2D eigenvalue weighted by Crippen LogP contribution is -2.53. The molecule has 5 nitrogen and oxygen atoms in total. The Labute approximate surface area is 153 Å². The van der Waals surface area contributed by atoms with E-state index >= 15 is 0 Å². The second-order valence-corrected chi connectivity index (χ2v) is 8.30. The number of carbonyl (C=O) groups excluding carboxylic acids is 2. The van der Waals surface area contributed by atoms with Crippen molar-refractivity contribution in [3.05, 3.63) is 34.3 Å². The molecule has 1 aliphatic heterocycles. The van der Waals surface area contributed by atoms with Crippen LogP contribution in [0.2, 0.25) is 5.02 Å². The van der Waals surface area contributed by atoms with Crippen LogP contribution in [0.3, 0.4) is 0 Å². The summed E-state index contributed by atoms with van der Waals surface area (Å²) in [5.41, 5.74) is 1.28. The fourth-order valence-corrected chi connectivity index (χ4v) is 3.82. The molecule has 1 aliphatic carbocycles. The van der Waals surface area contributed by atoms with Crippen molar-refractivity contribution in [1.82, 2.24) is 10.2 Å². The Morgan fingerprint density at radius 2 is 2.12 bits per heavy atom. The van der Waals surface area contributed by atoms with E-state index in [2.05, 4.69) is 10.2 Å². The number of nitrogens with zero attached hydrogens (tertiary/aromatic N) is 1. The SMILES string of the molecule is CC(C)(C)OC(=O)N[C@@H]1CCCN([C@@H]2Cc3cc(Cl)ccc3C2=O)C1. The number of hydrogen-bond acceptors (Lipinski definition) is 4. The van der Waals surface area contributed by atoms with E-state index in [1.807, 2.05) is 32.9 Å². The molecule has 0 spiro atoms. The van der Waals surface area contributed by atoms with Crippen LogP contribution in [0.15, 0.2) is 18.2 Å². The molecular formula is C19H25ClN2O3. The molecule has 1 saturated heterocycles. The van der Waals surface area contributed by atoms with Gasteiger partial charge >= 0.3 is 6.09 Å². The highest BCUT2D eigenvalue weighted by molar-refractivity contribution is 6.30. The molecule has 1 N–H and O–H groups in total. The lowest BCUT2D eigenvalue weighted by atomic mass is 10.0. The first-order valence-corrected chi connectivity index (χ1v) is 9.17. The Kier molecular flexibility index (Phi) is 5.07. The third-order valence-corrected chi connectivity index (χ3v) is 4.90. The van der Waals surface area contributed by atoms with Gasteiger partial charge in [0.1, 0.15) is 5.60 Å². The van der Waals surface area contributed by atoms with Gasteiger partial charge in [-0.3, -0.25) is 9.69 Å². The third-order valence-electron chi connectivity index (χ3n) is 4.66. The summed E-state index contributed by atoms with van der Waals surface area (Å²) in [7, 11) is 0. The molecule has 1 heterocycles. The molecule has 0 radical (unpaired) electrons. The van der Waals surface area contributed by atoms with Crippen LogP contribution in [-0.4, -0.2) is 47.6 Å². The highest BCUT2D eigenvalue weighted by Crippen LogP contribution is 2.29. The molecule has 0 saturated carbocycles. The second-order valence-electron chi connectivity index (χ2n) is 7.87. The maximum atomic E-state index is 12.7. The molecule has 1 amide bonds. The molecule has 2 aliphatic rings. The number of alkyl carbamates (subject to hydrolysis) is 1. The summed E-state index contributed by atoms with van der Waals surface area (Å²) in [6, 6.07) is 5.32. The topological polar surface area (TPSA) is 58.6 Å². The van der Waals surface area contributed by atoms with E-state index in [0.29, 0.717) is 18.0 Å². The predicted octanol–water partition coefficient (Wildman–Crippen LogP) is 3.44. The van der Waals surface area contributed by atoms with E-state index < -0.39 is 11.7 Å². The largest absolute Gasteiger partial charge is 0.444 e. The Morgan fingerprint density at radius 3 is 2.84 bits per heavy atom. The molecule has 25 heavy (non-hydrogen) atoms. The van der Waals surface area contributed by atoms with Crippen LogP contribution >= 0.6 is 11.6 Å². The zero-order valence-corrected chi connectivity index (χ0v) is 15.7. The van der Waals surface area contributed by atoms with E-state index in [0.717, 1.165) is 30.5 Å². The molecule has 1 aromatic rings. The summed E-state index contributed by atoms with van der Waals surface area (Å²) in [5.74, 6) is 0.157. The van der Waals surface area contributed by atoms with E-state index in [1.165, 1.54) is 0 Å². The second kappa shape index (κ2) is 6.96. The van der Waals surface area contributed by atoms with E-state index in [1.54, 1.807) is 6.07 Å². The number of hydrogen-bond donors (Lipinski definition) is 1. The average Bonchev–Trinajstić information content (AvgIpc) is 2.82. The maximum Gasteiger partial charge on any atom is 0.407 e. The fraction of sp³-hybridized carbons (Fsp3) is 0.579. The van der Waals surface area contributed by atoms with Gasteiger partial charge in [-0.15, -0.1) is 0 Å². The Morgan fingerprint density at radius 1 is 1.36 bits per heavy atom. The van der Waals surface area contributed by atoms with Crippen molar-refractivity contribution < 1.29 is 14.3 Å². The van der Waals surface area contributed by atoms with Crippen LogP contribution in [0, 0.1) is 0 Å². The third kappa shape index (κ3) is 4.33. The number of ketones is 1. The highest BCUT2D eigenvalue weighted by atomic mass is 35.5. The lowest BCUT2D eigenvalue weighted by Gasteiger charge is -2.36. The molecule has 2 atom stereocenters. The Bertz CT molecular complexity index is 684. The van der Waals surface area contributed by atoms with Crippen LogP contribution in [0.1, 0.15) is 49.5 Å². The summed E-state index contributed by atoms with van der Waals surface area (Å²) < 4.78 is 5.34. The summed E-state index contributed by atoms with van der Waals surface area (Å²) in [6.45, 7) is 7.07. The summed E-state index contributed by atoms with van der Waals surface area (Å²) in [6.07, 6.45) is 2.14. The van der Waals surface area contributed by atoms with Gasteiger partial charge in [-0.25, -0.2) is 4.79 Å². The molecule has 3 rings (SSSR count). The van der Waals surface area contributed by atoms with Crippen molar-refractivity contribution in [3.63, 3.8) is 0 Å². The van der Waals surface area contributed by atoms with Gasteiger partial charge < -0.3 is 10.1 Å². The zero-order valence-electron chi connectivity index (χ0n) is 15.0. The van der Waals surface area contributed by atoms with Gasteiger partial charge in [0.25, 0.3) is 0 Å². The Hall–Kier alpha value is -1.59. The number of carbonyl (C=O) groups is 2. The van der Waals surface area contributed by atoms with Crippen molar-refractivity contribution in [2.75, 3.05) is 13.1 Å². The lowest BCUT2D eigenvalue weighted by molar-refractivity contribution is 0.0455. The van der Waals surface area contributed by atoms with Gasteiger partial charge in [-0.2, -0.15) is 0 Å². The number of fused-ring (bicyclic) bond motifs is 1. The van der Waals surface area contributed by atoms with Crippen molar-refractivity contribution in [2.24, 2.45) is 0 Å². The van der Waals surface area contributed by atoms with Crippen LogP contribution in [0.5, 0.6) is 0 Å². The number of amides is 1. The predicted molar refractivity (Wildman–Crippen MR) is 97.2 cm³/mol. The van der Waals surface area contributed by atoms with Crippen LogP contribution in [0.25, 0.3) is 0 Å². The summed E-state index contributed by atoms with van der Waals surface area (Å²) in [4.78, 5) is 26.9. The summed E-state index contributed by atoms with van der Waals surface area (Å²) in [5, 5.41) is 3.60. The number of rotatable bonds is 2. The number of likely N-dealkylation sites (tertiary alicyclic amines) is 1. The van der Waals surface area contributed by atoms with Gasteiger partial charge in [0.05, 0.1) is 6.04 Å². The number of nitrogens with one attached hydrogen (secondary N) is 1. The number of benzene rings is 1. The van der Waals surface area contributed by atoms with Crippen molar-refractivity contribution in [1.29, 1.82) is 0 Å². The van der Waals surface area contributed by atoms with E-state index in [-0.39, 0.29) is 17.9 Å². The molecule has 1 aromatic carbocycles. The minimum atomic E-state index is -0.513. The molecule has 0 bridgehead atoms. The minimum absolute atomic E-state index is 0.00343. The van der Waals surface area contributed by atoms with Crippen molar-refractivity contribution in [3.8, 4) is 0 Å². The fourth-order valence-electron chi connectivity index (χ4n) is 3.63. The van der Waals surface area contributed by atoms with Gasteiger partial charge in [-0.05, 0) is 70.3 Å². The number of piperidine rings is 1. The molecular weight excluding hydrogens is 340 g/mol. The normalized spacial score (nSPS) is 24.1. The highest BCUT2D eigenvalue weighted by Gasteiger charge is 2.37. The van der Waals surface area contributed by atoms with Crippen molar-refractivity contribution >= 4 is 23.5 Å². The quantitative estimate of drug-likeness (QED) is 0.873. The zero-order chi connectivity index (χ0) is 18.2. The average molecular weight is 365 g/mol. The van der Waals surface area contributed by atoms with Gasteiger partial charge in [0.15, 0.2) is 5.78 Å². The summed E-state index contributed by atoms with van der Waals surface area (Å²) >= 11 is 6.05. The van der Waals surface area contributed by atoms with Crippen molar-refractivity contribution in [2.45, 2.75) is 57.7 Å².